The highest BCUT2D eigenvalue weighted by atomic mass is 32.2. The molecule has 0 aromatic carbocycles. The van der Waals surface area contributed by atoms with E-state index in [1.165, 1.54) is 23.7 Å². The van der Waals surface area contributed by atoms with E-state index in [1.54, 1.807) is 7.05 Å². The molecule has 0 aliphatic carbocycles. The van der Waals surface area contributed by atoms with Crippen LogP contribution in [0.1, 0.15) is 25.7 Å². The number of hydrogen-bond donors (Lipinski definition) is 2. The number of aromatic nitrogens is 2. The van der Waals surface area contributed by atoms with Gasteiger partial charge in [-0.3, -0.25) is 4.68 Å². The maximum atomic E-state index is 12.3. The number of anilines is 1. The lowest BCUT2D eigenvalue weighted by atomic mass is 9.91. The van der Waals surface area contributed by atoms with Crippen LogP contribution < -0.4 is 10.5 Å². The summed E-state index contributed by atoms with van der Waals surface area (Å²) in [6, 6.07) is 1.23. The van der Waals surface area contributed by atoms with E-state index in [4.69, 9.17) is 5.73 Å². The van der Waals surface area contributed by atoms with Gasteiger partial charge in [0.15, 0.2) is 5.82 Å². The van der Waals surface area contributed by atoms with Gasteiger partial charge in [0.25, 0.3) is 0 Å². The van der Waals surface area contributed by atoms with Crippen LogP contribution in [-0.4, -0.2) is 48.8 Å². The Balaban J connectivity index is 1.64. The van der Waals surface area contributed by atoms with Crippen molar-refractivity contribution < 1.29 is 8.42 Å². The zero-order valence-electron chi connectivity index (χ0n) is 12.5. The van der Waals surface area contributed by atoms with Crippen LogP contribution in [-0.2, 0) is 17.1 Å². The fourth-order valence-corrected chi connectivity index (χ4v) is 4.91. The maximum Gasteiger partial charge on any atom is 0.245 e. The number of fused-ring (bicyclic) bond motifs is 2. The Kier molecular flexibility index (Phi) is 3.71. The summed E-state index contributed by atoms with van der Waals surface area (Å²) in [6.07, 6.45) is 6.05. The molecule has 7 nitrogen and oxygen atoms in total. The van der Waals surface area contributed by atoms with Crippen molar-refractivity contribution in [2.45, 2.75) is 42.7 Å². The SMILES string of the molecule is CN1C2CCC1CC(CNS(=O)(=O)c1cn(C)nc1N)C2. The lowest BCUT2D eigenvalue weighted by Gasteiger charge is -2.36. The quantitative estimate of drug-likeness (QED) is 0.825. The molecule has 0 spiro atoms. The summed E-state index contributed by atoms with van der Waals surface area (Å²) in [5.74, 6) is 0.458. The van der Waals surface area contributed by atoms with Crippen molar-refractivity contribution in [3.8, 4) is 0 Å². The van der Waals surface area contributed by atoms with Crippen LogP contribution >= 0.6 is 0 Å². The average molecular weight is 313 g/mol. The number of sulfonamides is 1. The van der Waals surface area contributed by atoms with Gasteiger partial charge in [0.05, 0.1) is 0 Å². The van der Waals surface area contributed by atoms with Gasteiger partial charge in [0.1, 0.15) is 4.90 Å². The van der Waals surface area contributed by atoms with Crippen LogP contribution in [0, 0.1) is 5.92 Å². The number of nitrogen functional groups attached to an aromatic ring is 1. The first-order valence-corrected chi connectivity index (χ1v) is 8.86. The Morgan fingerprint density at radius 3 is 2.48 bits per heavy atom. The third-order valence-electron chi connectivity index (χ3n) is 4.87. The highest BCUT2D eigenvalue weighted by molar-refractivity contribution is 7.89. The zero-order valence-corrected chi connectivity index (χ0v) is 13.3. The molecule has 0 saturated carbocycles. The van der Waals surface area contributed by atoms with Gasteiger partial charge in [0.2, 0.25) is 10.0 Å². The summed E-state index contributed by atoms with van der Waals surface area (Å²) in [7, 11) is 0.267. The summed E-state index contributed by atoms with van der Waals surface area (Å²) in [4.78, 5) is 2.52. The number of nitrogens with two attached hydrogens (primary N) is 1. The first kappa shape index (κ1) is 14.8. The number of aryl methyl sites for hydroxylation is 1. The second kappa shape index (κ2) is 5.26. The average Bonchev–Trinajstić information content (AvgIpc) is 2.84. The molecule has 21 heavy (non-hydrogen) atoms. The van der Waals surface area contributed by atoms with Crippen LogP contribution in [0.15, 0.2) is 11.1 Å². The van der Waals surface area contributed by atoms with Crippen molar-refractivity contribution in [3.63, 3.8) is 0 Å². The van der Waals surface area contributed by atoms with Crippen LogP contribution in [0.25, 0.3) is 0 Å². The normalized spacial score (nSPS) is 29.9. The number of nitrogens with one attached hydrogen (secondary N) is 1. The zero-order chi connectivity index (χ0) is 15.2. The third kappa shape index (κ3) is 2.79. The van der Waals surface area contributed by atoms with Crippen molar-refractivity contribution in [1.29, 1.82) is 0 Å². The Bertz CT molecular complexity index is 613. The molecule has 1 aromatic rings. The lowest BCUT2D eigenvalue weighted by Crippen LogP contribution is -2.43. The van der Waals surface area contributed by atoms with Gasteiger partial charge >= 0.3 is 0 Å². The number of piperidine rings is 1. The molecule has 2 aliphatic rings. The monoisotopic (exact) mass is 313 g/mol. The molecule has 3 heterocycles. The first-order chi connectivity index (χ1) is 9.87. The van der Waals surface area contributed by atoms with Gasteiger partial charge in [-0.2, -0.15) is 5.10 Å². The standard InChI is InChI=1S/C13H23N5O2S/c1-17-8-12(13(14)16-17)21(19,20)15-7-9-5-10-3-4-11(6-9)18(10)2/h8-11,15H,3-7H2,1-2H3,(H2,14,16). The van der Waals surface area contributed by atoms with E-state index in [2.05, 4.69) is 21.8 Å². The molecule has 1 aromatic heterocycles. The largest absolute Gasteiger partial charge is 0.381 e. The molecule has 2 unspecified atom stereocenters. The molecule has 3 N–H and O–H groups in total. The van der Waals surface area contributed by atoms with E-state index in [9.17, 15) is 8.42 Å². The van der Waals surface area contributed by atoms with E-state index in [0.717, 1.165) is 12.8 Å². The fourth-order valence-electron chi connectivity index (χ4n) is 3.69. The molecule has 118 valence electrons. The predicted molar refractivity (Wildman–Crippen MR) is 80.1 cm³/mol. The highest BCUT2D eigenvalue weighted by Crippen LogP contribution is 2.37. The molecule has 0 amide bonds. The van der Waals surface area contributed by atoms with Crippen LogP contribution in [0.3, 0.4) is 0 Å². The minimum absolute atomic E-state index is 0.0495. The van der Waals surface area contributed by atoms with E-state index >= 15 is 0 Å². The van der Waals surface area contributed by atoms with Gasteiger partial charge in [-0.25, -0.2) is 13.1 Å². The van der Waals surface area contributed by atoms with Gasteiger partial charge in [-0.05, 0) is 38.6 Å². The summed E-state index contributed by atoms with van der Waals surface area (Å²) >= 11 is 0. The Morgan fingerprint density at radius 2 is 1.95 bits per heavy atom. The van der Waals surface area contributed by atoms with Gasteiger partial charge in [-0.15, -0.1) is 0 Å². The second-order valence-corrected chi connectivity index (χ2v) is 8.03. The van der Waals surface area contributed by atoms with Crippen molar-refractivity contribution >= 4 is 15.8 Å². The smallest absolute Gasteiger partial charge is 0.245 e. The number of nitrogens with zero attached hydrogens (tertiary/aromatic N) is 3. The second-order valence-electron chi connectivity index (χ2n) is 6.29. The van der Waals surface area contributed by atoms with Gasteiger partial charge in [0, 0.05) is 31.9 Å². The number of rotatable bonds is 4. The van der Waals surface area contributed by atoms with Crippen LogP contribution in [0.4, 0.5) is 5.82 Å². The fraction of sp³-hybridized carbons (Fsp3) is 0.769. The molecule has 2 atom stereocenters. The Morgan fingerprint density at radius 1 is 1.33 bits per heavy atom. The summed E-state index contributed by atoms with van der Waals surface area (Å²) in [6.45, 7) is 0.484. The van der Waals surface area contributed by atoms with Crippen LogP contribution in [0.2, 0.25) is 0 Å². The summed E-state index contributed by atoms with van der Waals surface area (Å²) in [5, 5.41) is 3.88. The number of hydrogen-bond acceptors (Lipinski definition) is 5. The van der Waals surface area contributed by atoms with E-state index in [0.29, 0.717) is 24.5 Å². The first-order valence-electron chi connectivity index (χ1n) is 7.37. The topological polar surface area (TPSA) is 93.2 Å². The van der Waals surface area contributed by atoms with Crippen molar-refractivity contribution in [3.05, 3.63) is 6.20 Å². The van der Waals surface area contributed by atoms with E-state index in [-0.39, 0.29) is 10.7 Å². The van der Waals surface area contributed by atoms with Gasteiger partial charge < -0.3 is 10.6 Å². The molecule has 2 fully saturated rings. The van der Waals surface area contributed by atoms with Crippen LogP contribution in [0.5, 0.6) is 0 Å². The Hall–Kier alpha value is -1.12. The Labute approximate surface area is 125 Å². The van der Waals surface area contributed by atoms with Gasteiger partial charge in [-0.1, -0.05) is 0 Å². The predicted octanol–water partition coefficient (Wildman–Crippen LogP) is 0.153. The maximum absolute atomic E-state index is 12.3. The van der Waals surface area contributed by atoms with Crippen molar-refractivity contribution in [1.82, 2.24) is 19.4 Å². The minimum atomic E-state index is -3.57. The molecular formula is C13H23N5O2S. The van der Waals surface area contributed by atoms with E-state index in [1.807, 2.05) is 0 Å². The third-order valence-corrected chi connectivity index (χ3v) is 6.31. The van der Waals surface area contributed by atoms with Crippen molar-refractivity contribution in [2.24, 2.45) is 13.0 Å². The minimum Gasteiger partial charge on any atom is -0.381 e. The highest BCUT2D eigenvalue weighted by Gasteiger charge is 2.38. The molecular weight excluding hydrogens is 290 g/mol. The van der Waals surface area contributed by atoms with Crippen molar-refractivity contribution in [2.75, 3.05) is 19.3 Å². The molecule has 2 saturated heterocycles. The molecule has 8 heteroatoms. The van der Waals surface area contributed by atoms with E-state index < -0.39 is 10.0 Å². The summed E-state index contributed by atoms with van der Waals surface area (Å²) in [5.41, 5.74) is 5.65. The lowest BCUT2D eigenvalue weighted by molar-refractivity contribution is 0.135. The molecule has 0 radical (unpaired) electrons. The molecule has 2 bridgehead atoms. The summed E-state index contributed by atoms with van der Waals surface area (Å²) < 4.78 is 28.7. The molecule has 2 aliphatic heterocycles. The molecule has 3 rings (SSSR count).